The molecule has 0 fully saturated rings. The summed E-state index contributed by atoms with van der Waals surface area (Å²) in [5.41, 5.74) is 0. The summed E-state index contributed by atoms with van der Waals surface area (Å²) in [7, 11) is 0. The van der Waals surface area contributed by atoms with Gasteiger partial charge in [-0.25, -0.2) is 0 Å². The molecule has 0 aromatic rings. The SMILES string of the molecule is CCOCC(O)CCCSC. The van der Waals surface area contributed by atoms with Gasteiger partial charge in [-0.3, -0.25) is 0 Å². The smallest absolute Gasteiger partial charge is 0.0774 e. The van der Waals surface area contributed by atoms with Crippen molar-refractivity contribution in [2.45, 2.75) is 25.9 Å². The highest BCUT2D eigenvalue weighted by Crippen LogP contribution is 2.03. The van der Waals surface area contributed by atoms with Crippen LogP contribution in [0, 0.1) is 0 Å². The van der Waals surface area contributed by atoms with E-state index in [1.54, 1.807) is 0 Å². The van der Waals surface area contributed by atoms with Crippen LogP contribution in [0.2, 0.25) is 0 Å². The molecule has 0 aromatic carbocycles. The van der Waals surface area contributed by atoms with Gasteiger partial charge in [-0.2, -0.15) is 11.8 Å². The molecule has 0 aromatic heterocycles. The molecule has 0 radical (unpaired) electrons. The predicted octanol–water partition coefficient (Wildman–Crippen LogP) is 1.53. The molecule has 0 amide bonds. The highest BCUT2D eigenvalue weighted by Gasteiger charge is 2.01. The maximum atomic E-state index is 9.27. The molecule has 1 N–H and O–H groups in total. The molecule has 0 saturated heterocycles. The average Bonchev–Trinajstić information content (AvgIpc) is 2.01. The molecule has 2 nitrogen and oxygen atoms in total. The van der Waals surface area contributed by atoms with Gasteiger partial charge in [0.15, 0.2) is 0 Å². The van der Waals surface area contributed by atoms with Crippen molar-refractivity contribution in [3.05, 3.63) is 0 Å². The molecule has 1 unspecified atom stereocenters. The van der Waals surface area contributed by atoms with Crippen LogP contribution >= 0.6 is 11.8 Å². The number of thioether (sulfide) groups is 1. The topological polar surface area (TPSA) is 29.5 Å². The lowest BCUT2D eigenvalue weighted by atomic mass is 10.2. The fourth-order valence-corrected chi connectivity index (χ4v) is 1.26. The Morgan fingerprint density at radius 1 is 1.55 bits per heavy atom. The predicted molar refractivity (Wildman–Crippen MR) is 50.1 cm³/mol. The lowest BCUT2D eigenvalue weighted by molar-refractivity contribution is 0.0380. The molecule has 0 aliphatic carbocycles. The maximum Gasteiger partial charge on any atom is 0.0774 e. The summed E-state index contributed by atoms with van der Waals surface area (Å²) in [6.07, 6.45) is 3.76. The van der Waals surface area contributed by atoms with Gasteiger partial charge in [0.05, 0.1) is 12.7 Å². The van der Waals surface area contributed by atoms with E-state index in [9.17, 15) is 5.11 Å². The minimum absolute atomic E-state index is 0.262. The second-order valence-electron chi connectivity index (χ2n) is 2.45. The summed E-state index contributed by atoms with van der Waals surface area (Å²) in [5.74, 6) is 1.13. The number of hydrogen-bond donors (Lipinski definition) is 1. The Balaban J connectivity index is 3.02. The Hall–Kier alpha value is 0.270. The molecular formula is C8H18O2S. The van der Waals surface area contributed by atoms with Crippen molar-refractivity contribution in [3.63, 3.8) is 0 Å². The molecule has 0 rings (SSSR count). The van der Waals surface area contributed by atoms with Crippen molar-refractivity contribution < 1.29 is 9.84 Å². The van der Waals surface area contributed by atoms with E-state index in [1.807, 2.05) is 18.7 Å². The van der Waals surface area contributed by atoms with Gasteiger partial charge >= 0.3 is 0 Å². The molecule has 68 valence electrons. The highest BCUT2D eigenvalue weighted by atomic mass is 32.2. The number of ether oxygens (including phenoxy) is 1. The van der Waals surface area contributed by atoms with Crippen molar-refractivity contribution in [1.82, 2.24) is 0 Å². The first-order chi connectivity index (χ1) is 5.31. The molecule has 11 heavy (non-hydrogen) atoms. The van der Waals surface area contributed by atoms with Crippen LogP contribution in [-0.2, 0) is 4.74 Å². The van der Waals surface area contributed by atoms with Crippen molar-refractivity contribution >= 4 is 11.8 Å². The van der Waals surface area contributed by atoms with Crippen LogP contribution in [0.25, 0.3) is 0 Å². The van der Waals surface area contributed by atoms with E-state index in [4.69, 9.17) is 4.74 Å². The standard InChI is InChI=1S/C8H18O2S/c1-3-10-7-8(9)5-4-6-11-2/h8-9H,3-7H2,1-2H3. The largest absolute Gasteiger partial charge is 0.391 e. The fraction of sp³-hybridized carbons (Fsp3) is 1.00. The Bertz CT molecular complexity index is 78.5. The molecule has 0 spiro atoms. The molecule has 0 aliphatic rings. The van der Waals surface area contributed by atoms with Crippen LogP contribution in [0.15, 0.2) is 0 Å². The summed E-state index contributed by atoms with van der Waals surface area (Å²) in [6.45, 7) is 3.12. The summed E-state index contributed by atoms with van der Waals surface area (Å²) >= 11 is 1.82. The van der Waals surface area contributed by atoms with Gasteiger partial charge in [0, 0.05) is 6.61 Å². The number of aliphatic hydroxyl groups excluding tert-OH is 1. The Morgan fingerprint density at radius 3 is 2.82 bits per heavy atom. The number of rotatable bonds is 7. The van der Waals surface area contributed by atoms with Crippen LogP contribution in [0.5, 0.6) is 0 Å². The fourth-order valence-electron chi connectivity index (χ4n) is 0.801. The van der Waals surface area contributed by atoms with Gasteiger partial charge in [0.25, 0.3) is 0 Å². The molecule has 0 heterocycles. The van der Waals surface area contributed by atoms with E-state index in [0.29, 0.717) is 13.2 Å². The minimum atomic E-state index is -0.262. The van der Waals surface area contributed by atoms with E-state index in [-0.39, 0.29) is 6.10 Å². The Kier molecular flexibility index (Phi) is 8.57. The summed E-state index contributed by atoms with van der Waals surface area (Å²) in [5, 5.41) is 9.27. The van der Waals surface area contributed by atoms with Gasteiger partial charge in [0.2, 0.25) is 0 Å². The number of hydrogen-bond acceptors (Lipinski definition) is 3. The lowest BCUT2D eigenvalue weighted by Gasteiger charge is -2.08. The lowest BCUT2D eigenvalue weighted by Crippen LogP contribution is -2.15. The quantitative estimate of drug-likeness (QED) is 0.599. The molecule has 3 heteroatoms. The average molecular weight is 178 g/mol. The van der Waals surface area contributed by atoms with Gasteiger partial charge in [-0.15, -0.1) is 0 Å². The summed E-state index contributed by atoms with van der Waals surface area (Å²) in [4.78, 5) is 0. The van der Waals surface area contributed by atoms with Crippen molar-refractivity contribution in [3.8, 4) is 0 Å². The third-order valence-corrected chi connectivity index (χ3v) is 2.10. The second kappa shape index (κ2) is 8.37. The van der Waals surface area contributed by atoms with Crippen LogP contribution in [0.1, 0.15) is 19.8 Å². The summed E-state index contributed by atoms with van der Waals surface area (Å²) < 4.78 is 5.07. The van der Waals surface area contributed by atoms with Crippen LogP contribution < -0.4 is 0 Å². The first-order valence-corrected chi connectivity index (χ1v) is 5.45. The van der Waals surface area contributed by atoms with E-state index < -0.39 is 0 Å². The normalized spacial score (nSPS) is 13.4. The van der Waals surface area contributed by atoms with E-state index in [0.717, 1.165) is 18.6 Å². The van der Waals surface area contributed by atoms with Gasteiger partial charge < -0.3 is 9.84 Å². The first-order valence-electron chi connectivity index (χ1n) is 4.06. The van der Waals surface area contributed by atoms with Gasteiger partial charge in [-0.05, 0) is 31.8 Å². The van der Waals surface area contributed by atoms with Gasteiger partial charge in [0.1, 0.15) is 0 Å². The van der Waals surface area contributed by atoms with Crippen molar-refractivity contribution in [2.75, 3.05) is 25.2 Å². The molecular weight excluding hydrogens is 160 g/mol. The number of aliphatic hydroxyl groups is 1. The van der Waals surface area contributed by atoms with Crippen LogP contribution in [0.3, 0.4) is 0 Å². The van der Waals surface area contributed by atoms with E-state index in [1.165, 1.54) is 0 Å². The zero-order valence-corrected chi connectivity index (χ0v) is 8.19. The van der Waals surface area contributed by atoms with E-state index >= 15 is 0 Å². The molecule has 0 saturated carbocycles. The zero-order valence-electron chi connectivity index (χ0n) is 7.38. The van der Waals surface area contributed by atoms with Gasteiger partial charge in [-0.1, -0.05) is 0 Å². The first kappa shape index (κ1) is 11.3. The minimum Gasteiger partial charge on any atom is -0.391 e. The molecule has 1 atom stereocenters. The summed E-state index contributed by atoms with van der Waals surface area (Å²) in [6, 6.07) is 0. The Labute approximate surface area is 73.3 Å². The Morgan fingerprint density at radius 2 is 2.27 bits per heavy atom. The molecule has 0 bridgehead atoms. The van der Waals surface area contributed by atoms with E-state index in [2.05, 4.69) is 6.26 Å². The van der Waals surface area contributed by atoms with Crippen LogP contribution in [-0.4, -0.2) is 36.4 Å². The second-order valence-corrected chi connectivity index (χ2v) is 3.43. The zero-order chi connectivity index (χ0) is 8.53. The van der Waals surface area contributed by atoms with Crippen molar-refractivity contribution in [1.29, 1.82) is 0 Å². The van der Waals surface area contributed by atoms with Crippen molar-refractivity contribution in [2.24, 2.45) is 0 Å². The third-order valence-electron chi connectivity index (χ3n) is 1.40. The monoisotopic (exact) mass is 178 g/mol. The third kappa shape index (κ3) is 8.17. The van der Waals surface area contributed by atoms with Crippen LogP contribution in [0.4, 0.5) is 0 Å². The maximum absolute atomic E-state index is 9.27. The highest BCUT2D eigenvalue weighted by molar-refractivity contribution is 7.98. The molecule has 0 aliphatic heterocycles.